The predicted molar refractivity (Wildman–Crippen MR) is 100 cm³/mol. The summed E-state index contributed by atoms with van der Waals surface area (Å²) in [4.78, 5) is 28.6. The maximum Gasteiger partial charge on any atom is 0.258 e. The number of hydrogen-bond acceptors (Lipinski definition) is 4. The summed E-state index contributed by atoms with van der Waals surface area (Å²) in [5, 5.41) is 2.84. The molecule has 0 saturated carbocycles. The van der Waals surface area contributed by atoms with Gasteiger partial charge in [0.1, 0.15) is 18.0 Å². The quantitative estimate of drug-likeness (QED) is 0.766. The molecule has 0 saturated heterocycles. The fourth-order valence-electron chi connectivity index (χ4n) is 2.45. The highest BCUT2D eigenvalue weighted by molar-refractivity contribution is 5.93. The molecule has 2 aromatic heterocycles. The number of aromatic nitrogens is 2. The Morgan fingerprint density at radius 3 is 2.77 bits per heavy atom. The van der Waals surface area contributed by atoms with E-state index in [4.69, 9.17) is 4.74 Å². The molecule has 0 unspecified atom stereocenters. The van der Waals surface area contributed by atoms with Crippen LogP contribution in [0.1, 0.15) is 25.1 Å². The molecule has 0 spiro atoms. The molecule has 1 N–H and O–H groups in total. The van der Waals surface area contributed by atoms with Gasteiger partial charge in [0.05, 0.1) is 11.4 Å². The number of amides is 1. The Balaban J connectivity index is 1.82. The molecule has 134 valence electrons. The molecule has 6 heteroatoms. The summed E-state index contributed by atoms with van der Waals surface area (Å²) < 4.78 is 7.31. The Bertz CT molecular complexity index is 1010. The van der Waals surface area contributed by atoms with Gasteiger partial charge in [-0.15, -0.1) is 0 Å². The molecule has 0 aliphatic carbocycles. The van der Waals surface area contributed by atoms with Crippen molar-refractivity contribution >= 4 is 17.2 Å². The third kappa shape index (κ3) is 3.91. The van der Waals surface area contributed by atoms with Crippen LogP contribution < -0.4 is 15.6 Å². The predicted octanol–water partition coefficient (Wildman–Crippen LogP) is 3.18. The van der Waals surface area contributed by atoms with Gasteiger partial charge in [-0.3, -0.25) is 14.0 Å². The minimum Gasteiger partial charge on any atom is -0.485 e. The zero-order chi connectivity index (χ0) is 18.7. The fraction of sp³-hybridized carbons (Fsp3) is 0.250. The molecule has 0 radical (unpaired) electrons. The van der Waals surface area contributed by atoms with E-state index in [-0.39, 0.29) is 24.0 Å². The van der Waals surface area contributed by atoms with Gasteiger partial charge in [-0.25, -0.2) is 4.98 Å². The first-order valence-corrected chi connectivity index (χ1v) is 8.45. The summed E-state index contributed by atoms with van der Waals surface area (Å²) in [5.74, 6) is 0.319. The Morgan fingerprint density at radius 1 is 1.23 bits per heavy atom. The van der Waals surface area contributed by atoms with Crippen molar-refractivity contribution in [3.8, 4) is 5.75 Å². The number of aryl methyl sites for hydroxylation is 1. The van der Waals surface area contributed by atoms with Gasteiger partial charge in [0, 0.05) is 18.2 Å². The number of rotatable bonds is 5. The van der Waals surface area contributed by atoms with Crippen LogP contribution in [-0.4, -0.2) is 15.3 Å². The third-order valence-corrected chi connectivity index (χ3v) is 3.92. The molecule has 0 aliphatic heterocycles. The van der Waals surface area contributed by atoms with Crippen molar-refractivity contribution in [1.29, 1.82) is 0 Å². The van der Waals surface area contributed by atoms with Gasteiger partial charge in [-0.05, 0) is 36.8 Å². The van der Waals surface area contributed by atoms with Crippen LogP contribution in [0.5, 0.6) is 5.75 Å². The van der Waals surface area contributed by atoms with E-state index >= 15 is 0 Å². The van der Waals surface area contributed by atoms with Crippen molar-refractivity contribution < 1.29 is 9.53 Å². The van der Waals surface area contributed by atoms with Crippen LogP contribution in [0.3, 0.4) is 0 Å². The minimum atomic E-state index is -0.157. The van der Waals surface area contributed by atoms with Crippen LogP contribution in [0.15, 0.2) is 53.5 Å². The lowest BCUT2D eigenvalue weighted by atomic mass is 10.2. The number of nitrogens with one attached hydrogen (secondary N) is 1. The zero-order valence-corrected chi connectivity index (χ0v) is 15.0. The van der Waals surface area contributed by atoms with E-state index in [0.717, 1.165) is 5.56 Å². The summed E-state index contributed by atoms with van der Waals surface area (Å²) in [5.41, 5.74) is 2.58. The van der Waals surface area contributed by atoms with Crippen molar-refractivity contribution in [3.05, 3.63) is 70.3 Å². The van der Waals surface area contributed by atoms with Crippen LogP contribution in [0.4, 0.5) is 5.69 Å². The van der Waals surface area contributed by atoms with Gasteiger partial charge in [0.15, 0.2) is 0 Å². The Hall–Kier alpha value is -3.15. The minimum absolute atomic E-state index is 0.0846. The molecular weight excluding hydrogens is 330 g/mol. The van der Waals surface area contributed by atoms with Gasteiger partial charge in [0.2, 0.25) is 5.91 Å². The molecule has 3 aromatic rings. The molecular formula is C20H21N3O3. The second kappa shape index (κ2) is 7.39. The molecule has 0 bridgehead atoms. The number of hydrogen-bond donors (Lipinski definition) is 1. The van der Waals surface area contributed by atoms with Gasteiger partial charge in [0.25, 0.3) is 5.56 Å². The third-order valence-electron chi connectivity index (χ3n) is 3.92. The van der Waals surface area contributed by atoms with Crippen LogP contribution >= 0.6 is 0 Å². The zero-order valence-electron chi connectivity index (χ0n) is 15.0. The van der Waals surface area contributed by atoms with Crippen LogP contribution in [0, 0.1) is 12.8 Å². The first-order valence-electron chi connectivity index (χ1n) is 8.45. The Morgan fingerprint density at radius 2 is 2.00 bits per heavy atom. The van der Waals surface area contributed by atoms with E-state index in [2.05, 4.69) is 10.3 Å². The average molecular weight is 351 g/mol. The lowest BCUT2D eigenvalue weighted by molar-refractivity contribution is -0.118. The number of pyridine rings is 1. The van der Waals surface area contributed by atoms with Crippen LogP contribution in [0.25, 0.3) is 5.65 Å². The molecule has 0 fully saturated rings. The van der Waals surface area contributed by atoms with Crippen LogP contribution in [0.2, 0.25) is 0 Å². The van der Waals surface area contributed by atoms with E-state index < -0.39 is 0 Å². The van der Waals surface area contributed by atoms with E-state index in [1.165, 1.54) is 10.5 Å². The molecule has 3 rings (SSSR count). The lowest BCUT2D eigenvalue weighted by Gasteiger charge is -2.13. The van der Waals surface area contributed by atoms with E-state index in [1.54, 1.807) is 18.3 Å². The van der Waals surface area contributed by atoms with Crippen molar-refractivity contribution in [2.75, 3.05) is 5.32 Å². The number of anilines is 1. The lowest BCUT2D eigenvalue weighted by Crippen LogP contribution is -2.18. The van der Waals surface area contributed by atoms with E-state index in [0.29, 0.717) is 22.8 Å². The highest BCUT2D eigenvalue weighted by atomic mass is 16.5. The summed E-state index contributed by atoms with van der Waals surface area (Å²) in [6, 6.07) is 12.4. The number of nitrogens with zero attached hydrogens (tertiary/aromatic N) is 2. The molecule has 1 aromatic carbocycles. The largest absolute Gasteiger partial charge is 0.485 e. The monoisotopic (exact) mass is 351 g/mol. The number of benzene rings is 1. The summed E-state index contributed by atoms with van der Waals surface area (Å²) in [6.45, 7) is 5.73. The molecule has 0 atom stereocenters. The highest BCUT2D eigenvalue weighted by Crippen LogP contribution is 2.25. The van der Waals surface area contributed by atoms with Crippen molar-refractivity contribution in [1.82, 2.24) is 9.38 Å². The normalized spacial score (nSPS) is 10.9. The number of fused-ring (bicyclic) bond motifs is 1. The fourth-order valence-corrected chi connectivity index (χ4v) is 2.45. The van der Waals surface area contributed by atoms with Gasteiger partial charge >= 0.3 is 0 Å². The molecule has 26 heavy (non-hydrogen) atoms. The highest BCUT2D eigenvalue weighted by Gasteiger charge is 2.11. The number of para-hydroxylation sites is 2. The first kappa shape index (κ1) is 17.7. The maximum absolute atomic E-state index is 12.2. The Labute approximate surface area is 151 Å². The van der Waals surface area contributed by atoms with Gasteiger partial charge in [-0.2, -0.15) is 0 Å². The first-order chi connectivity index (χ1) is 12.4. The summed E-state index contributed by atoms with van der Waals surface area (Å²) in [6.07, 6.45) is 1.71. The van der Waals surface area contributed by atoms with Gasteiger partial charge in [-0.1, -0.05) is 26.0 Å². The van der Waals surface area contributed by atoms with Crippen LogP contribution in [-0.2, 0) is 11.4 Å². The standard InChI is InChI=1S/C20H21N3O3/c1-13(2)20(25)22-16-6-4-5-7-17(16)26-12-15-11-19(24)23-9-8-14(3)10-18(23)21-15/h4-11,13H,12H2,1-3H3,(H,22,25). The topological polar surface area (TPSA) is 72.7 Å². The van der Waals surface area contributed by atoms with Crippen molar-refractivity contribution in [2.24, 2.45) is 5.92 Å². The van der Waals surface area contributed by atoms with Gasteiger partial charge < -0.3 is 10.1 Å². The van der Waals surface area contributed by atoms with Crippen molar-refractivity contribution in [3.63, 3.8) is 0 Å². The Kier molecular flexibility index (Phi) is 5.02. The second-order valence-corrected chi connectivity index (χ2v) is 6.45. The van der Waals surface area contributed by atoms with Crippen molar-refractivity contribution in [2.45, 2.75) is 27.4 Å². The number of carbonyl (C=O) groups is 1. The SMILES string of the molecule is Cc1ccn2c(=O)cc(COc3ccccc3NC(=O)C(C)C)nc2c1. The summed E-state index contributed by atoms with van der Waals surface area (Å²) in [7, 11) is 0. The maximum atomic E-state index is 12.2. The second-order valence-electron chi connectivity index (χ2n) is 6.45. The molecule has 6 nitrogen and oxygen atoms in total. The molecule has 1 amide bonds. The molecule has 0 aliphatic rings. The smallest absolute Gasteiger partial charge is 0.258 e. The molecule has 2 heterocycles. The average Bonchev–Trinajstić information content (AvgIpc) is 2.60. The summed E-state index contributed by atoms with van der Waals surface area (Å²) >= 11 is 0. The number of ether oxygens (including phenoxy) is 1. The van der Waals surface area contributed by atoms with E-state index in [9.17, 15) is 9.59 Å². The number of carbonyl (C=O) groups excluding carboxylic acids is 1. The van der Waals surface area contributed by atoms with E-state index in [1.807, 2.05) is 45.0 Å².